The lowest BCUT2D eigenvalue weighted by atomic mass is 10.2. The molecule has 0 unspecified atom stereocenters. The topological polar surface area (TPSA) is 74.3 Å². The first kappa shape index (κ1) is 18.8. The molecule has 1 saturated heterocycles. The zero-order chi connectivity index (χ0) is 19.2. The van der Waals surface area contributed by atoms with Crippen LogP contribution < -0.4 is 19.7 Å². The van der Waals surface area contributed by atoms with Gasteiger partial charge in [0.1, 0.15) is 17.2 Å². The van der Waals surface area contributed by atoms with E-state index >= 15 is 0 Å². The highest BCUT2D eigenvalue weighted by Gasteiger charge is 2.20. The van der Waals surface area contributed by atoms with Gasteiger partial charge in [0.15, 0.2) is 0 Å². The van der Waals surface area contributed by atoms with E-state index in [-0.39, 0.29) is 11.7 Å². The van der Waals surface area contributed by atoms with E-state index in [2.05, 4.69) is 15.1 Å². The number of phenols is 1. The number of nitrogens with one attached hydrogen (secondary N) is 1. The first-order valence-corrected chi connectivity index (χ1v) is 8.87. The second-order valence-corrected chi connectivity index (χ2v) is 6.39. The summed E-state index contributed by atoms with van der Waals surface area (Å²) in [5.74, 6) is 1.44. The van der Waals surface area contributed by atoms with E-state index in [1.54, 1.807) is 44.6 Å². The normalized spacial score (nSPS) is 14.7. The summed E-state index contributed by atoms with van der Waals surface area (Å²) in [6.07, 6.45) is 0. The first-order chi connectivity index (χ1) is 13.1. The van der Waals surface area contributed by atoms with Crippen molar-refractivity contribution in [2.75, 3.05) is 57.2 Å². The Morgan fingerprint density at radius 1 is 1.04 bits per heavy atom. The molecule has 0 aliphatic carbocycles. The van der Waals surface area contributed by atoms with E-state index in [1.165, 1.54) is 0 Å². The number of hydrogen-bond donors (Lipinski definition) is 2. The van der Waals surface area contributed by atoms with Gasteiger partial charge in [-0.05, 0) is 36.4 Å². The number of carbonyl (C=O) groups is 1. The van der Waals surface area contributed by atoms with Gasteiger partial charge in [0, 0.05) is 37.9 Å². The van der Waals surface area contributed by atoms with Crippen molar-refractivity contribution in [1.29, 1.82) is 0 Å². The van der Waals surface area contributed by atoms with Gasteiger partial charge in [-0.25, -0.2) is 0 Å². The number of benzene rings is 2. The van der Waals surface area contributed by atoms with Crippen LogP contribution in [-0.4, -0.2) is 62.9 Å². The molecule has 7 heteroatoms. The molecule has 3 rings (SSSR count). The third kappa shape index (κ3) is 4.83. The van der Waals surface area contributed by atoms with Gasteiger partial charge >= 0.3 is 0 Å². The Hall–Kier alpha value is -2.93. The number of carbonyl (C=O) groups excluding carboxylic acids is 1. The molecule has 0 bridgehead atoms. The molecule has 27 heavy (non-hydrogen) atoms. The number of rotatable bonds is 6. The van der Waals surface area contributed by atoms with Gasteiger partial charge in [0.25, 0.3) is 0 Å². The van der Waals surface area contributed by atoms with Crippen LogP contribution in [0.1, 0.15) is 0 Å². The van der Waals surface area contributed by atoms with Crippen LogP contribution in [0.15, 0.2) is 42.5 Å². The van der Waals surface area contributed by atoms with E-state index in [4.69, 9.17) is 9.47 Å². The maximum Gasteiger partial charge on any atom is 0.238 e. The predicted molar refractivity (Wildman–Crippen MR) is 105 cm³/mol. The number of phenolic OH excluding ortho intramolecular Hbond substituents is 1. The molecular weight excluding hydrogens is 346 g/mol. The average molecular weight is 371 g/mol. The highest BCUT2D eigenvalue weighted by Crippen LogP contribution is 2.29. The summed E-state index contributed by atoms with van der Waals surface area (Å²) in [7, 11) is 3.15. The monoisotopic (exact) mass is 371 g/mol. The fraction of sp³-hybridized carbons (Fsp3) is 0.350. The largest absolute Gasteiger partial charge is 0.508 e. The van der Waals surface area contributed by atoms with Gasteiger partial charge in [-0.1, -0.05) is 0 Å². The minimum absolute atomic E-state index is 0.0837. The van der Waals surface area contributed by atoms with Crippen LogP contribution in [0.4, 0.5) is 11.4 Å². The zero-order valence-corrected chi connectivity index (χ0v) is 15.6. The standard InChI is InChI=1S/C20H25N3O4/c1-26-17-7-8-19(27-2)18(13-17)21-20(25)14-22-9-11-23(12-10-22)15-3-5-16(24)6-4-15/h3-8,13,24H,9-12,14H2,1-2H3,(H,21,25). The summed E-state index contributed by atoms with van der Waals surface area (Å²) in [5, 5.41) is 12.3. The van der Waals surface area contributed by atoms with Crippen molar-refractivity contribution in [3.05, 3.63) is 42.5 Å². The maximum atomic E-state index is 12.4. The number of amides is 1. The molecule has 0 atom stereocenters. The molecule has 1 heterocycles. The molecule has 1 aliphatic heterocycles. The number of anilines is 2. The van der Waals surface area contributed by atoms with E-state index < -0.39 is 0 Å². The summed E-state index contributed by atoms with van der Waals surface area (Å²) in [6.45, 7) is 3.58. The fourth-order valence-electron chi connectivity index (χ4n) is 3.13. The maximum absolute atomic E-state index is 12.4. The Kier molecular flexibility index (Phi) is 6.03. The fourth-order valence-corrected chi connectivity index (χ4v) is 3.13. The van der Waals surface area contributed by atoms with E-state index in [0.717, 1.165) is 31.9 Å². The lowest BCUT2D eigenvalue weighted by molar-refractivity contribution is -0.117. The van der Waals surface area contributed by atoms with Crippen molar-refractivity contribution in [3.8, 4) is 17.2 Å². The Balaban J connectivity index is 1.53. The van der Waals surface area contributed by atoms with Gasteiger partial charge in [0.05, 0.1) is 26.5 Å². The number of piperazine rings is 1. The van der Waals surface area contributed by atoms with Gasteiger partial charge in [-0.3, -0.25) is 9.69 Å². The molecule has 2 N–H and O–H groups in total. The molecule has 0 spiro atoms. The third-order valence-corrected chi connectivity index (χ3v) is 4.64. The molecule has 1 amide bonds. The van der Waals surface area contributed by atoms with Crippen molar-refractivity contribution < 1.29 is 19.4 Å². The van der Waals surface area contributed by atoms with Crippen LogP contribution in [0.3, 0.4) is 0 Å². The average Bonchev–Trinajstić information content (AvgIpc) is 2.69. The summed E-state index contributed by atoms with van der Waals surface area (Å²) in [6, 6.07) is 12.5. The van der Waals surface area contributed by atoms with Crippen LogP contribution in [-0.2, 0) is 4.79 Å². The van der Waals surface area contributed by atoms with Crippen molar-refractivity contribution in [2.24, 2.45) is 0 Å². The highest BCUT2D eigenvalue weighted by molar-refractivity contribution is 5.94. The number of methoxy groups -OCH3 is 2. The summed E-state index contributed by atoms with van der Waals surface area (Å²) in [4.78, 5) is 16.8. The number of nitrogens with zero attached hydrogens (tertiary/aromatic N) is 2. The Labute approximate surface area is 159 Å². The van der Waals surface area contributed by atoms with Crippen molar-refractivity contribution in [3.63, 3.8) is 0 Å². The summed E-state index contributed by atoms with van der Waals surface area (Å²) < 4.78 is 10.5. The second kappa shape index (κ2) is 8.64. The van der Waals surface area contributed by atoms with Crippen LogP contribution in [0.25, 0.3) is 0 Å². The lowest BCUT2D eigenvalue weighted by Crippen LogP contribution is -2.48. The van der Waals surface area contributed by atoms with E-state index in [0.29, 0.717) is 23.7 Å². The molecule has 144 valence electrons. The van der Waals surface area contributed by atoms with Gasteiger partial charge < -0.3 is 24.8 Å². The van der Waals surface area contributed by atoms with Crippen molar-refractivity contribution in [2.45, 2.75) is 0 Å². The van der Waals surface area contributed by atoms with Crippen LogP contribution in [0, 0.1) is 0 Å². The van der Waals surface area contributed by atoms with Crippen LogP contribution in [0.5, 0.6) is 17.2 Å². The Bertz CT molecular complexity index is 771. The summed E-state index contributed by atoms with van der Waals surface area (Å²) in [5.41, 5.74) is 1.68. The quantitative estimate of drug-likeness (QED) is 0.811. The molecular formula is C20H25N3O4. The molecule has 1 fully saturated rings. The molecule has 0 saturated carbocycles. The van der Waals surface area contributed by atoms with Crippen LogP contribution >= 0.6 is 0 Å². The predicted octanol–water partition coefficient (Wildman–Crippen LogP) is 2.17. The zero-order valence-electron chi connectivity index (χ0n) is 15.6. The lowest BCUT2D eigenvalue weighted by Gasteiger charge is -2.35. The van der Waals surface area contributed by atoms with Crippen molar-refractivity contribution in [1.82, 2.24) is 4.90 Å². The van der Waals surface area contributed by atoms with E-state index in [9.17, 15) is 9.90 Å². The Morgan fingerprint density at radius 2 is 1.74 bits per heavy atom. The Morgan fingerprint density at radius 3 is 2.37 bits per heavy atom. The molecule has 2 aromatic rings. The minimum Gasteiger partial charge on any atom is -0.508 e. The molecule has 1 aliphatic rings. The molecule has 2 aromatic carbocycles. The summed E-state index contributed by atoms with van der Waals surface area (Å²) >= 11 is 0. The third-order valence-electron chi connectivity index (χ3n) is 4.64. The molecule has 7 nitrogen and oxygen atoms in total. The smallest absolute Gasteiger partial charge is 0.238 e. The second-order valence-electron chi connectivity index (χ2n) is 6.39. The van der Waals surface area contributed by atoms with Crippen molar-refractivity contribution >= 4 is 17.3 Å². The molecule has 0 aromatic heterocycles. The minimum atomic E-state index is -0.0837. The first-order valence-electron chi connectivity index (χ1n) is 8.87. The van der Waals surface area contributed by atoms with Crippen LogP contribution in [0.2, 0.25) is 0 Å². The number of ether oxygens (including phenoxy) is 2. The van der Waals surface area contributed by atoms with Gasteiger partial charge in [0.2, 0.25) is 5.91 Å². The molecule has 0 radical (unpaired) electrons. The number of hydrogen-bond acceptors (Lipinski definition) is 6. The number of aromatic hydroxyl groups is 1. The van der Waals surface area contributed by atoms with Gasteiger partial charge in [-0.2, -0.15) is 0 Å². The highest BCUT2D eigenvalue weighted by atomic mass is 16.5. The van der Waals surface area contributed by atoms with E-state index in [1.807, 2.05) is 12.1 Å². The SMILES string of the molecule is COc1ccc(OC)c(NC(=O)CN2CCN(c3ccc(O)cc3)CC2)c1. The van der Waals surface area contributed by atoms with Gasteiger partial charge in [-0.15, -0.1) is 0 Å².